The van der Waals surface area contributed by atoms with Crippen LogP contribution in [0.25, 0.3) is 0 Å². The number of methoxy groups -OCH3 is 1. The molecule has 2 unspecified atom stereocenters. The first-order valence-electron chi connectivity index (χ1n) is 10.3. The minimum atomic E-state index is -1.21. The molecule has 158 valence electrons. The molecule has 0 saturated carbocycles. The third-order valence-corrected chi connectivity index (χ3v) is 7.91. The van der Waals surface area contributed by atoms with E-state index in [1.807, 2.05) is 24.3 Å². The predicted molar refractivity (Wildman–Crippen MR) is 118 cm³/mol. The number of rotatable bonds is 6. The maximum Gasteiger partial charge on any atom is 0.337 e. The van der Waals surface area contributed by atoms with Crippen LogP contribution >= 0.6 is 0 Å². The summed E-state index contributed by atoms with van der Waals surface area (Å²) in [6.07, 6.45) is 2.20. The van der Waals surface area contributed by atoms with E-state index in [0.717, 1.165) is 22.7 Å². The van der Waals surface area contributed by atoms with Gasteiger partial charge in [-0.3, -0.25) is 4.79 Å². The molecule has 0 fully saturated rings. The minimum absolute atomic E-state index is 0.0502. The summed E-state index contributed by atoms with van der Waals surface area (Å²) in [4.78, 5) is 29.7. The van der Waals surface area contributed by atoms with Crippen molar-refractivity contribution in [2.45, 2.75) is 43.4 Å². The molecule has 2 aromatic rings. The zero-order chi connectivity index (χ0) is 21.5. The van der Waals surface area contributed by atoms with Gasteiger partial charge >= 0.3 is 5.97 Å². The summed E-state index contributed by atoms with van der Waals surface area (Å²) < 4.78 is 11.0. The molecule has 0 bridgehead atoms. The molecular formula is C23H28N2O4Si. The van der Waals surface area contributed by atoms with Gasteiger partial charge in [0.25, 0.3) is 0 Å². The van der Waals surface area contributed by atoms with Gasteiger partial charge in [0, 0.05) is 32.4 Å². The Bertz CT molecular complexity index is 1000. The first-order valence-corrected chi connectivity index (χ1v) is 14.0. The van der Waals surface area contributed by atoms with Crippen molar-refractivity contribution < 1.29 is 19.1 Å². The molecule has 4 rings (SSSR count). The summed E-state index contributed by atoms with van der Waals surface area (Å²) in [6, 6.07) is 10.5. The van der Waals surface area contributed by atoms with E-state index in [4.69, 9.17) is 9.47 Å². The fraction of sp³-hybridized carbons (Fsp3) is 0.435. The van der Waals surface area contributed by atoms with Crippen LogP contribution in [0.5, 0.6) is 0 Å². The number of hydrogen-bond acceptors (Lipinski definition) is 5. The zero-order valence-electron chi connectivity index (χ0n) is 18.0. The van der Waals surface area contributed by atoms with Gasteiger partial charge in [-0.2, -0.15) is 0 Å². The second kappa shape index (κ2) is 7.63. The lowest BCUT2D eigenvalue weighted by Crippen LogP contribution is -2.40. The number of hydrogen-bond donors (Lipinski definition) is 1. The lowest BCUT2D eigenvalue weighted by Gasteiger charge is -2.30. The van der Waals surface area contributed by atoms with Gasteiger partial charge in [-0.25, -0.2) is 9.78 Å². The number of nitrogens with zero attached hydrogens (tertiary/aromatic N) is 1. The molecule has 6 nitrogen and oxygen atoms in total. The average Bonchev–Trinajstić information content (AvgIpc) is 3.18. The normalized spacial score (nSPS) is 22.0. The molecule has 2 atom stereocenters. The minimum Gasteiger partial charge on any atom is -0.465 e. The Morgan fingerprint density at radius 2 is 2.10 bits per heavy atom. The van der Waals surface area contributed by atoms with Crippen molar-refractivity contribution in [1.29, 1.82) is 0 Å². The van der Waals surface area contributed by atoms with Crippen LogP contribution < -0.4 is 5.32 Å². The Labute approximate surface area is 178 Å². The molecule has 30 heavy (non-hydrogen) atoms. The number of esters is 1. The zero-order valence-corrected chi connectivity index (χ0v) is 19.0. The monoisotopic (exact) mass is 424 g/mol. The van der Waals surface area contributed by atoms with Crippen LogP contribution in [0, 0.1) is 0 Å². The van der Waals surface area contributed by atoms with Crippen molar-refractivity contribution in [2.24, 2.45) is 0 Å². The van der Waals surface area contributed by atoms with E-state index in [2.05, 4.69) is 29.9 Å². The maximum atomic E-state index is 13.3. The SMILES string of the molecule is COC(=O)c1ccc2c(c1)CC1(C(=O)Nc3ncccc31)C2COCC[Si](C)(C)C. The highest BCUT2D eigenvalue weighted by Crippen LogP contribution is 2.54. The third-order valence-electron chi connectivity index (χ3n) is 6.21. The van der Waals surface area contributed by atoms with Crippen LogP contribution in [0.1, 0.15) is 33.0 Å². The van der Waals surface area contributed by atoms with Gasteiger partial charge in [0.05, 0.1) is 24.7 Å². The number of nitrogens with one attached hydrogen (secondary N) is 1. The Morgan fingerprint density at radius 1 is 1.30 bits per heavy atom. The van der Waals surface area contributed by atoms with E-state index in [1.165, 1.54) is 7.11 Å². The van der Waals surface area contributed by atoms with E-state index in [0.29, 0.717) is 31.0 Å². The summed E-state index contributed by atoms with van der Waals surface area (Å²) in [7, 11) is 0.167. The quantitative estimate of drug-likeness (QED) is 0.434. The summed E-state index contributed by atoms with van der Waals surface area (Å²) >= 11 is 0. The van der Waals surface area contributed by atoms with Crippen LogP contribution in [-0.2, 0) is 26.1 Å². The third kappa shape index (κ3) is 3.46. The Morgan fingerprint density at radius 3 is 2.83 bits per heavy atom. The molecular weight excluding hydrogens is 396 g/mol. The van der Waals surface area contributed by atoms with Crippen LogP contribution in [0.2, 0.25) is 25.7 Å². The Hall–Kier alpha value is -2.51. The molecule has 7 heteroatoms. The van der Waals surface area contributed by atoms with Gasteiger partial charge in [0.2, 0.25) is 5.91 Å². The number of carbonyl (C=O) groups is 2. The number of pyridine rings is 1. The average molecular weight is 425 g/mol. The standard InChI is InChI=1S/C23H28N2O4Si/c1-28-21(26)15-7-8-17-16(12-15)13-23(19(17)14-29-10-11-30(2,3)4)18-6-5-9-24-20(18)25-22(23)27/h5-9,12,19H,10-11,13-14H2,1-4H3,(H,24,25,27). The molecule has 1 aromatic heterocycles. The van der Waals surface area contributed by atoms with E-state index in [9.17, 15) is 9.59 Å². The van der Waals surface area contributed by atoms with Gasteiger partial charge in [-0.05, 0) is 41.8 Å². The lowest BCUT2D eigenvalue weighted by atomic mass is 9.72. The van der Waals surface area contributed by atoms with Crippen molar-refractivity contribution in [1.82, 2.24) is 4.98 Å². The number of anilines is 1. The second-order valence-electron chi connectivity index (χ2n) is 9.35. The highest BCUT2D eigenvalue weighted by Gasteiger charge is 2.57. The topological polar surface area (TPSA) is 77.5 Å². The van der Waals surface area contributed by atoms with Gasteiger partial charge < -0.3 is 14.8 Å². The van der Waals surface area contributed by atoms with Gasteiger partial charge in [-0.15, -0.1) is 0 Å². The van der Waals surface area contributed by atoms with Crippen LogP contribution in [0.4, 0.5) is 5.82 Å². The summed E-state index contributed by atoms with van der Waals surface area (Å²) in [5, 5.41) is 2.97. The number of fused-ring (bicyclic) bond motifs is 3. The summed E-state index contributed by atoms with van der Waals surface area (Å²) in [6.45, 7) is 8.12. The van der Waals surface area contributed by atoms with Crippen molar-refractivity contribution in [2.75, 3.05) is 25.6 Å². The molecule has 0 saturated heterocycles. The van der Waals surface area contributed by atoms with Gasteiger partial charge in [0.15, 0.2) is 0 Å². The number of ether oxygens (including phenoxy) is 2. The van der Waals surface area contributed by atoms with Crippen LogP contribution in [-0.4, -0.2) is 45.3 Å². The van der Waals surface area contributed by atoms with E-state index < -0.39 is 13.5 Å². The van der Waals surface area contributed by atoms with Crippen molar-refractivity contribution >= 4 is 25.8 Å². The smallest absolute Gasteiger partial charge is 0.337 e. The molecule has 1 N–H and O–H groups in total. The van der Waals surface area contributed by atoms with E-state index in [1.54, 1.807) is 12.3 Å². The molecule has 2 heterocycles. The van der Waals surface area contributed by atoms with Crippen molar-refractivity contribution in [3.05, 3.63) is 58.8 Å². The Balaban J connectivity index is 1.72. The van der Waals surface area contributed by atoms with Gasteiger partial charge in [0.1, 0.15) is 5.82 Å². The van der Waals surface area contributed by atoms with Crippen LogP contribution in [0.3, 0.4) is 0 Å². The van der Waals surface area contributed by atoms with Gasteiger partial charge in [-0.1, -0.05) is 31.8 Å². The predicted octanol–water partition coefficient (Wildman–Crippen LogP) is 3.75. The first kappa shape index (κ1) is 20.7. The molecule has 1 amide bonds. The highest BCUT2D eigenvalue weighted by atomic mass is 28.3. The fourth-order valence-corrected chi connectivity index (χ4v) is 5.33. The lowest BCUT2D eigenvalue weighted by molar-refractivity contribution is -0.122. The number of benzene rings is 1. The molecule has 1 aliphatic heterocycles. The van der Waals surface area contributed by atoms with E-state index >= 15 is 0 Å². The molecule has 1 spiro atoms. The van der Waals surface area contributed by atoms with Crippen molar-refractivity contribution in [3.63, 3.8) is 0 Å². The largest absolute Gasteiger partial charge is 0.465 e. The van der Waals surface area contributed by atoms with Crippen LogP contribution in [0.15, 0.2) is 36.5 Å². The molecule has 2 aliphatic rings. The summed E-state index contributed by atoms with van der Waals surface area (Å²) in [5.74, 6) is 0.0623. The maximum absolute atomic E-state index is 13.3. The molecule has 1 aliphatic carbocycles. The van der Waals surface area contributed by atoms with E-state index in [-0.39, 0.29) is 17.8 Å². The number of amides is 1. The Kier molecular flexibility index (Phi) is 5.28. The highest BCUT2D eigenvalue weighted by molar-refractivity contribution is 6.76. The fourth-order valence-electron chi connectivity index (χ4n) is 4.57. The first-order chi connectivity index (χ1) is 14.3. The second-order valence-corrected chi connectivity index (χ2v) is 15.0. The summed E-state index contributed by atoms with van der Waals surface area (Å²) in [5.41, 5.74) is 2.69. The number of carbonyl (C=O) groups excluding carboxylic acids is 2. The number of aromatic nitrogens is 1. The molecule has 0 radical (unpaired) electrons. The van der Waals surface area contributed by atoms with Crippen molar-refractivity contribution in [3.8, 4) is 0 Å². The molecule has 1 aromatic carbocycles.